The van der Waals surface area contributed by atoms with Gasteiger partial charge in [0.2, 0.25) is 0 Å². The van der Waals surface area contributed by atoms with Crippen molar-refractivity contribution in [1.29, 1.82) is 0 Å². The van der Waals surface area contributed by atoms with Gasteiger partial charge in [-0.2, -0.15) is 0 Å². The summed E-state index contributed by atoms with van der Waals surface area (Å²) < 4.78 is 0. The van der Waals surface area contributed by atoms with Crippen LogP contribution in [0.15, 0.2) is 130 Å². The highest BCUT2D eigenvalue weighted by atomic mass is 16.3. The highest BCUT2D eigenvalue weighted by molar-refractivity contribution is 5.38. The first-order valence-electron chi connectivity index (χ1n) is 15.2. The van der Waals surface area contributed by atoms with Crippen molar-refractivity contribution in [3.8, 4) is 0 Å². The van der Waals surface area contributed by atoms with Crippen molar-refractivity contribution < 1.29 is 5.11 Å². The Balaban J connectivity index is 2.72. The molecule has 1 heteroatoms. The number of hydrogen-bond donors (Lipinski definition) is 1. The van der Waals surface area contributed by atoms with Gasteiger partial charge in [0, 0.05) is 0 Å². The van der Waals surface area contributed by atoms with Crippen molar-refractivity contribution in [3.05, 3.63) is 130 Å². The Morgan fingerprint density at radius 2 is 1.22 bits per heavy atom. The molecule has 0 saturated heterocycles. The van der Waals surface area contributed by atoms with E-state index in [0.717, 1.165) is 19.3 Å². The fraction of sp³-hybridized carbons (Fsp3) is 0.450. The lowest BCUT2D eigenvalue weighted by atomic mass is 9.71. The quantitative estimate of drug-likeness (QED) is 0.238. The molecule has 41 heavy (non-hydrogen) atoms. The van der Waals surface area contributed by atoms with E-state index < -0.39 is 0 Å². The van der Waals surface area contributed by atoms with E-state index in [1.54, 1.807) is 0 Å². The molecule has 1 rings (SSSR count). The summed E-state index contributed by atoms with van der Waals surface area (Å²) in [5.41, 5.74) is 10.5. The van der Waals surface area contributed by atoms with E-state index in [0.29, 0.717) is 0 Å². The zero-order chi connectivity index (χ0) is 31.2. The molecule has 0 aliphatic heterocycles. The van der Waals surface area contributed by atoms with Crippen LogP contribution < -0.4 is 0 Å². The number of allylic oxidation sites excluding steroid dienone is 21. The molecule has 0 aromatic rings. The Labute approximate surface area is 253 Å². The van der Waals surface area contributed by atoms with E-state index >= 15 is 0 Å². The van der Waals surface area contributed by atoms with Gasteiger partial charge in [-0.15, -0.1) is 0 Å². The van der Waals surface area contributed by atoms with Crippen LogP contribution in [0.2, 0.25) is 0 Å². The Kier molecular flexibility index (Phi) is 15.1. The summed E-state index contributed by atoms with van der Waals surface area (Å²) in [5, 5.41) is 10.1. The molecule has 0 radical (unpaired) electrons. The normalized spacial score (nSPS) is 20.2. The fourth-order valence-corrected chi connectivity index (χ4v) is 5.21. The molecular weight excluding hydrogens is 496 g/mol. The summed E-state index contributed by atoms with van der Waals surface area (Å²) in [5.74, 6) is 0. The van der Waals surface area contributed by atoms with Gasteiger partial charge in [-0.3, -0.25) is 0 Å². The van der Waals surface area contributed by atoms with Crippen LogP contribution in [0.4, 0.5) is 0 Å². The number of rotatable bonds is 12. The first-order valence-corrected chi connectivity index (χ1v) is 15.2. The maximum Gasteiger partial charge on any atom is 0.0585 e. The Morgan fingerprint density at radius 1 is 0.756 bits per heavy atom. The lowest BCUT2D eigenvalue weighted by Crippen LogP contribution is -2.28. The molecule has 1 atom stereocenters. The number of hydrogen-bond acceptors (Lipinski definition) is 1. The molecule has 1 aliphatic rings. The van der Waals surface area contributed by atoms with Crippen LogP contribution in [0.1, 0.15) is 102 Å². The summed E-state index contributed by atoms with van der Waals surface area (Å²) in [6, 6.07) is 0. The van der Waals surface area contributed by atoms with E-state index in [1.165, 1.54) is 44.6 Å². The van der Waals surface area contributed by atoms with Gasteiger partial charge < -0.3 is 5.11 Å². The molecule has 1 aliphatic carbocycles. The second kappa shape index (κ2) is 17.1. The Bertz CT molecular complexity index is 1220. The highest BCUT2D eigenvalue weighted by Gasteiger charge is 2.31. The lowest BCUT2D eigenvalue weighted by molar-refractivity contribution is 0.116. The summed E-state index contributed by atoms with van der Waals surface area (Å²) in [7, 11) is 0. The van der Waals surface area contributed by atoms with Crippen molar-refractivity contribution in [2.75, 3.05) is 0 Å². The number of aliphatic hydroxyl groups is 1. The van der Waals surface area contributed by atoms with Crippen LogP contribution >= 0.6 is 0 Å². The van der Waals surface area contributed by atoms with Gasteiger partial charge in [-0.05, 0) is 89.7 Å². The average Bonchev–Trinajstić information content (AvgIpc) is 2.85. The third-order valence-electron chi connectivity index (χ3n) is 7.92. The molecule has 0 aromatic carbocycles. The zero-order valence-electron chi connectivity index (χ0n) is 28.2. The van der Waals surface area contributed by atoms with Gasteiger partial charge in [0.1, 0.15) is 0 Å². The minimum atomic E-state index is -0.222. The summed E-state index contributed by atoms with van der Waals surface area (Å²) >= 11 is 0. The fourth-order valence-electron chi connectivity index (χ4n) is 5.21. The van der Waals surface area contributed by atoms with Crippen molar-refractivity contribution in [1.82, 2.24) is 0 Å². The van der Waals surface area contributed by atoms with Crippen LogP contribution in [-0.2, 0) is 0 Å². The minimum Gasteiger partial charge on any atom is -0.393 e. The minimum absolute atomic E-state index is 0.0110. The van der Waals surface area contributed by atoms with Crippen molar-refractivity contribution in [2.45, 2.75) is 108 Å². The molecule has 0 saturated carbocycles. The molecule has 1 N–H and O–H groups in total. The Morgan fingerprint density at radius 3 is 1.68 bits per heavy atom. The molecule has 1 unspecified atom stereocenters. The van der Waals surface area contributed by atoms with Crippen molar-refractivity contribution in [2.24, 2.45) is 10.8 Å². The van der Waals surface area contributed by atoms with E-state index in [4.69, 9.17) is 0 Å². The second-order valence-corrected chi connectivity index (χ2v) is 13.2. The molecule has 0 spiro atoms. The lowest BCUT2D eigenvalue weighted by Gasteiger charge is -2.35. The first-order chi connectivity index (χ1) is 19.1. The predicted octanol–water partition coefficient (Wildman–Crippen LogP) is 11.8. The van der Waals surface area contributed by atoms with Crippen LogP contribution in [-0.4, -0.2) is 11.2 Å². The molecule has 0 aromatic heterocycles. The third-order valence-corrected chi connectivity index (χ3v) is 7.92. The largest absolute Gasteiger partial charge is 0.393 e. The monoisotopic (exact) mass is 554 g/mol. The SMILES string of the molecule is CCC(C)(C)C(/C=C/C(C)=C/C=C/C(C)=C/C=C/C=C(C)/C=C/C=C(C)/C=C/C1=C(C)CC(O)CC1(C)C)=C(C)C. The van der Waals surface area contributed by atoms with E-state index in [-0.39, 0.29) is 16.9 Å². The summed E-state index contributed by atoms with van der Waals surface area (Å²) in [6.07, 6.45) is 32.7. The molecule has 224 valence electrons. The molecule has 1 nitrogen and oxygen atoms in total. The maximum atomic E-state index is 10.1. The van der Waals surface area contributed by atoms with Crippen molar-refractivity contribution in [3.63, 3.8) is 0 Å². The van der Waals surface area contributed by atoms with E-state index in [1.807, 2.05) is 0 Å². The van der Waals surface area contributed by atoms with E-state index in [2.05, 4.69) is 168 Å². The van der Waals surface area contributed by atoms with Gasteiger partial charge in [0.25, 0.3) is 0 Å². The topological polar surface area (TPSA) is 20.2 Å². The number of aliphatic hydroxyl groups excluding tert-OH is 1. The predicted molar refractivity (Wildman–Crippen MR) is 185 cm³/mol. The molecule has 0 fully saturated rings. The van der Waals surface area contributed by atoms with Gasteiger partial charge in [-0.25, -0.2) is 0 Å². The van der Waals surface area contributed by atoms with Gasteiger partial charge in [0.05, 0.1) is 6.10 Å². The van der Waals surface area contributed by atoms with Crippen LogP contribution in [0.3, 0.4) is 0 Å². The summed E-state index contributed by atoms with van der Waals surface area (Å²) in [6.45, 7) is 26.4. The van der Waals surface area contributed by atoms with Gasteiger partial charge in [-0.1, -0.05) is 153 Å². The van der Waals surface area contributed by atoms with E-state index in [9.17, 15) is 5.11 Å². The standard InChI is InChI=1S/C40H58O/c1-13-39(9,10)37(30(2)3)26-24-33(6)22-16-20-31(4)18-14-15-19-32(5)21-17-23-34(7)25-27-38-35(8)28-36(41)29-40(38,11)12/h14-27,36,41H,13,28-29H2,1-12H3/b15-14+,20-16+,21-17+,26-24+,27-25+,31-18+,32-19+,33-22+,34-23+. The zero-order valence-corrected chi connectivity index (χ0v) is 28.2. The molecule has 0 heterocycles. The van der Waals surface area contributed by atoms with Crippen LogP contribution in [0.25, 0.3) is 0 Å². The summed E-state index contributed by atoms with van der Waals surface area (Å²) in [4.78, 5) is 0. The van der Waals surface area contributed by atoms with Crippen molar-refractivity contribution >= 4 is 0 Å². The van der Waals surface area contributed by atoms with Crippen LogP contribution in [0, 0.1) is 10.8 Å². The van der Waals surface area contributed by atoms with Gasteiger partial charge in [0.15, 0.2) is 0 Å². The molecule has 0 amide bonds. The second-order valence-electron chi connectivity index (χ2n) is 13.2. The molecule has 0 bridgehead atoms. The highest BCUT2D eigenvalue weighted by Crippen LogP contribution is 2.41. The molecular formula is C40H58O. The van der Waals surface area contributed by atoms with Gasteiger partial charge >= 0.3 is 0 Å². The Hall–Kier alpha value is -2.90. The first kappa shape index (κ1) is 36.1. The maximum absolute atomic E-state index is 10.1. The smallest absolute Gasteiger partial charge is 0.0585 e. The van der Waals surface area contributed by atoms with Crippen LogP contribution in [0.5, 0.6) is 0 Å². The third kappa shape index (κ3) is 13.5. The average molecular weight is 555 g/mol.